The average Bonchev–Trinajstić information content (AvgIpc) is 2.57. The van der Waals surface area contributed by atoms with Gasteiger partial charge in [-0.1, -0.05) is 36.4 Å². The molecule has 0 saturated heterocycles. The number of nitrogens with two attached hydrogens (primary N) is 1. The minimum atomic E-state index is -0.811. The Morgan fingerprint density at radius 3 is 2.67 bits per heavy atom. The third kappa shape index (κ3) is 4.80. The molecule has 0 bridgehead atoms. The number of urea groups is 1. The number of hydrogen-bond acceptors (Lipinski definition) is 5. The summed E-state index contributed by atoms with van der Waals surface area (Å²) in [5.41, 5.74) is 8.17. The van der Waals surface area contributed by atoms with Gasteiger partial charge in [-0.25, -0.2) is 10.2 Å². The fourth-order valence-corrected chi connectivity index (χ4v) is 2.05. The normalized spacial score (nSPS) is 10.5. The van der Waals surface area contributed by atoms with Crippen LogP contribution in [0.2, 0.25) is 0 Å². The molecule has 24 heavy (non-hydrogen) atoms. The highest BCUT2D eigenvalue weighted by Crippen LogP contribution is 2.29. The molecule has 2 amide bonds. The van der Waals surface area contributed by atoms with Crippen LogP contribution in [0, 0.1) is 10.1 Å². The lowest BCUT2D eigenvalue weighted by Crippen LogP contribution is -2.24. The van der Waals surface area contributed by atoms with Crippen molar-refractivity contribution < 1.29 is 14.5 Å². The summed E-state index contributed by atoms with van der Waals surface area (Å²) in [5, 5.41) is 14.8. The molecule has 3 N–H and O–H groups in total. The molecule has 0 aliphatic carbocycles. The Balaban J connectivity index is 2.19. The van der Waals surface area contributed by atoms with Crippen LogP contribution in [0.15, 0.2) is 53.6 Å². The average molecular weight is 328 g/mol. The smallest absolute Gasteiger partial charge is 0.332 e. The first kappa shape index (κ1) is 16.9. The van der Waals surface area contributed by atoms with Crippen molar-refractivity contribution in [3.63, 3.8) is 0 Å². The predicted molar refractivity (Wildman–Crippen MR) is 88.8 cm³/mol. The zero-order valence-electron chi connectivity index (χ0n) is 12.7. The van der Waals surface area contributed by atoms with Crippen LogP contribution in [-0.4, -0.2) is 17.2 Å². The van der Waals surface area contributed by atoms with E-state index in [0.29, 0.717) is 11.3 Å². The highest BCUT2D eigenvalue weighted by Gasteiger charge is 2.17. The van der Waals surface area contributed by atoms with Crippen LogP contribution >= 0.6 is 0 Å². The fourth-order valence-electron chi connectivity index (χ4n) is 2.05. The maximum atomic E-state index is 11.2. The first-order valence-electron chi connectivity index (χ1n) is 7.08. The van der Waals surface area contributed by atoms with Crippen molar-refractivity contribution in [3.8, 4) is 5.75 Å². The number of nitrogens with one attached hydrogen (secondary N) is 1. The van der Waals surface area contributed by atoms with E-state index >= 15 is 0 Å². The summed E-state index contributed by atoms with van der Waals surface area (Å²) in [4.78, 5) is 21.3. The molecule has 8 heteroatoms. The van der Waals surface area contributed by atoms with E-state index < -0.39 is 11.0 Å². The van der Waals surface area contributed by atoms with E-state index in [1.165, 1.54) is 12.3 Å². The summed E-state index contributed by atoms with van der Waals surface area (Å²) >= 11 is 0. The maximum Gasteiger partial charge on any atom is 0.332 e. The molecule has 8 nitrogen and oxygen atoms in total. The Labute approximate surface area is 138 Å². The van der Waals surface area contributed by atoms with Gasteiger partial charge in [-0.05, 0) is 11.6 Å². The lowest BCUT2D eigenvalue weighted by atomic mass is 10.1. The Bertz CT molecular complexity index is 747. The van der Waals surface area contributed by atoms with Crippen LogP contribution in [-0.2, 0) is 13.0 Å². The molecule has 0 unspecified atom stereocenters. The second-order valence-corrected chi connectivity index (χ2v) is 4.78. The monoisotopic (exact) mass is 328 g/mol. The zero-order chi connectivity index (χ0) is 17.4. The molecule has 2 aromatic rings. The SMILES string of the molecule is NC(=O)N/N=C\Cc1c(OCc2ccccc2)cccc1[N+](=O)[O-]. The van der Waals surface area contributed by atoms with Gasteiger partial charge in [-0.15, -0.1) is 0 Å². The number of nitrogens with zero attached hydrogens (tertiary/aromatic N) is 2. The molecular formula is C16H16N4O4. The lowest BCUT2D eigenvalue weighted by molar-refractivity contribution is -0.385. The topological polar surface area (TPSA) is 120 Å². The Morgan fingerprint density at radius 2 is 2.00 bits per heavy atom. The van der Waals surface area contributed by atoms with Gasteiger partial charge in [0.15, 0.2) is 0 Å². The van der Waals surface area contributed by atoms with Gasteiger partial charge in [0, 0.05) is 18.7 Å². The molecule has 2 aromatic carbocycles. The molecule has 0 spiro atoms. The number of hydrogen-bond donors (Lipinski definition) is 2. The van der Waals surface area contributed by atoms with Gasteiger partial charge in [0.05, 0.1) is 10.5 Å². The van der Waals surface area contributed by atoms with Crippen molar-refractivity contribution in [2.45, 2.75) is 13.0 Å². The summed E-state index contributed by atoms with van der Waals surface area (Å²) in [6, 6.07) is 13.2. The van der Waals surface area contributed by atoms with E-state index in [1.807, 2.05) is 35.8 Å². The van der Waals surface area contributed by atoms with Crippen molar-refractivity contribution in [2.75, 3.05) is 0 Å². The number of amides is 2. The van der Waals surface area contributed by atoms with E-state index in [4.69, 9.17) is 10.5 Å². The first-order valence-corrected chi connectivity index (χ1v) is 7.08. The molecule has 0 aliphatic rings. The summed E-state index contributed by atoms with van der Waals surface area (Å²) < 4.78 is 5.71. The van der Waals surface area contributed by atoms with Crippen LogP contribution in [0.4, 0.5) is 10.5 Å². The zero-order valence-corrected chi connectivity index (χ0v) is 12.7. The van der Waals surface area contributed by atoms with Gasteiger partial charge in [-0.3, -0.25) is 10.1 Å². The van der Waals surface area contributed by atoms with Crippen molar-refractivity contribution in [1.29, 1.82) is 0 Å². The Hall–Kier alpha value is -3.42. The van der Waals surface area contributed by atoms with E-state index in [2.05, 4.69) is 5.10 Å². The van der Waals surface area contributed by atoms with Gasteiger partial charge in [-0.2, -0.15) is 5.10 Å². The number of nitro benzene ring substituents is 1. The molecule has 0 saturated carbocycles. The molecule has 0 radical (unpaired) electrons. The van der Waals surface area contributed by atoms with Crippen LogP contribution in [0.5, 0.6) is 5.75 Å². The number of nitro groups is 1. The quantitative estimate of drug-likeness (QED) is 0.460. The number of benzene rings is 2. The first-order chi connectivity index (χ1) is 11.6. The minimum absolute atomic E-state index is 0.0777. The lowest BCUT2D eigenvalue weighted by Gasteiger charge is -2.10. The summed E-state index contributed by atoms with van der Waals surface area (Å²) in [6.45, 7) is 0.283. The van der Waals surface area contributed by atoms with E-state index in [0.717, 1.165) is 5.56 Å². The largest absolute Gasteiger partial charge is 0.488 e. The van der Waals surface area contributed by atoms with E-state index in [9.17, 15) is 14.9 Å². The van der Waals surface area contributed by atoms with E-state index in [-0.39, 0.29) is 18.7 Å². The molecular weight excluding hydrogens is 312 g/mol. The van der Waals surface area contributed by atoms with Crippen LogP contribution in [0.3, 0.4) is 0 Å². The van der Waals surface area contributed by atoms with Gasteiger partial charge in [0.2, 0.25) is 0 Å². The molecule has 2 rings (SSSR count). The van der Waals surface area contributed by atoms with Crippen LogP contribution < -0.4 is 15.9 Å². The van der Waals surface area contributed by atoms with Crippen molar-refractivity contribution in [1.82, 2.24) is 5.43 Å². The van der Waals surface area contributed by atoms with Gasteiger partial charge < -0.3 is 10.5 Å². The number of primary amides is 1. The van der Waals surface area contributed by atoms with Crippen molar-refractivity contribution in [2.24, 2.45) is 10.8 Å². The number of carbonyl (C=O) groups excluding carboxylic acids is 1. The van der Waals surface area contributed by atoms with Crippen molar-refractivity contribution >= 4 is 17.9 Å². The predicted octanol–water partition coefficient (Wildman–Crippen LogP) is 2.37. The highest BCUT2D eigenvalue weighted by molar-refractivity contribution is 5.74. The van der Waals surface area contributed by atoms with Gasteiger partial charge in [0.1, 0.15) is 12.4 Å². The Kier molecular flexibility index (Phi) is 5.84. The Morgan fingerprint density at radius 1 is 1.25 bits per heavy atom. The minimum Gasteiger partial charge on any atom is -0.488 e. The molecule has 0 heterocycles. The standard InChI is InChI=1S/C16H16N4O4/c17-16(21)19-18-10-9-13-14(20(22)23)7-4-8-15(13)24-11-12-5-2-1-3-6-12/h1-8,10H,9,11H2,(H3,17,19,21)/b18-10-. The second kappa shape index (κ2) is 8.28. The molecule has 0 fully saturated rings. The molecule has 0 aromatic heterocycles. The summed E-state index contributed by atoms with van der Waals surface area (Å²) in [7, 11) is 0. The second-order valence-electron chi connectivity index (χ2n) is 4.78. The molecule has 124 valence electrons. The van der Waals surface area contributed by atoms with Crippen LogP contribution in [0.1, 0.15) is 11.1 Å². The van der Waals surface area contributed by atoms with E-state index in [1.54, 1.807) is 12.1 Å². The summed E-state index contributed by atoms with van der Waals surface area (Å²) in [5.74, 6) is 0.388. The number of rotatable bonds is 7. The number of ether oxygens (including phenoxy) is 1. The third-order valence-electron chi connectivity index (χ3n) is 3.10. The molecule has 0 atom stereocenters. The number of carbonyl (C=O) groups is 1. The fraction of sp³-hybridized carbons (Fsp3) is 0.125. The maximum absolute atomic E-state index is 11.2. The summed E-state index contributed by atoms with van der Waals surface area (Å²) in [6.07, 6.45) is 1.43. The van der Waals surface area contributed by atoms with Crippen molar-refractivity contribution in [3.05, 3.63) is 69.8 Å². The third-order valence-corrected chi connectivity index (χ3v) is 3.10. The van der Waals surface area contributed by atoms with Gasteiger partial charge >= 0.3 is 6.03 Å². The van der Waals surface area contributed by atoms with Gasteiger partial charge in [0.25, 0.3) is 5.69 Å². The van der Waals surface area contributed by atoms with Crippen LogP contribution in [0.25, 0.3) is 0 Å². The molecule has 0 aliphatic heterocycles. The number of hydrazone groups is 1. The highest BCUT2D eigenvalue weighted by atomic mass is 16.6.